The van der Waals surface area contributed by atoms with E-state index in [1.807, 2.05) is 11.8 Å². The molecule has 2 unspecified atom stereocenters. The summed E-state index contributed by atoms with van der Waals surface area (Å²) >= 11 is 1.89. The number of thioether (sulfide) groups is 1. The van der Waals surface area contributed by atoms with Crippen molar-refractivity contribution in [1.82, 2.24) is 5.32 Å². The Hall–Kier alpha value is -0.180. The summed E-state index contributed by atoms with van der Waals surface area (Å²) in [4.78, 5) is 4.81. The normalized spacial score (nSPS) is 36.3. The van der Waals surface area contributed by atoms with Crippen LogP contribution in [0.2, 0.25) is 0 Å². The van der Waals surface area contributed by atoms with Crippen molar-refractivity contribution >= 4 is 16.9 Å². The molecular formula is C12H22N2S. The Morgan fingerprint density at radius 2 is 2.33 bits per heavy atom. The van der Waals surface area contributed by atoms with Gasteiger partial charge < -0.3 is 5.32 Å². The maximum atomic E-state index is 4.81. The molecule has 0 amide bonds. The SMILES string of the molecule is CCC1(C)CCSC(=NC(C)C2CC2)N1. The van der Waals surface area contributed by atoms with E-state index in [1.54, 1.807) is 0 Å². The third-order valence-corrected chi connectivity index (χ3v) is 4.60. The second-order valence-corrected chi connectivity index (χ2v) is 6.23. The molecule has 0 aromatic carbocycles. The van der Waals surface area contributed by atoms with Crippen molar-refractivity contribution in [2.75, 3.05) is 5.75 Å². The highest BCUT2D eigenvalue weighted by atomic mass is 32.2. The van der Waals surface area contributed by atoms with Crippen LogP contribution >= 0.6 is 11.8 Å². The average Bonchev–Trinajstić information content (AvgIpc) is 3.01. The summed E-state index contributed by atoms with van der Waals surface area (Å²) in [7, 11) is 0. The van der Waals surface area contributed by atoms with E-state index >= 15 is 0 Å². The van der Waals surface area contributed by atoms with Gasteiger partial charge in [-0.1, -0.05) is 18.7 Å². The van der Waals surface area contributed by atoms with E-state index in [-0.39, 0.29) is 5.54 Å². The Kier molecular flexibility index (Phi) is 3.29. The molecule has 0 bridgehead atoms. The number of hydrogen-bond acceptors (Lipinski definition) is 2. The Morgan fingerprint density at radius 1 is 1.60 bits per heavy atom. The zero-order valence-electron chi connectivity index (χ0n) is 10.0. The zero-order chi connectivity index (χ0) is 10.9. The van der Waals surface area contributed by atoms with Crippen LogP contribution in [0.15, 0.2) is 4.99 Å². The molecule has 3 heteroatoms. The lowest BCUT2D eigenvalue weighted by molar-refractivity contribution is 0.389. The van der Waals surface area contributed by atoms with Gasteiger partial charge in [-0.3, -0.25) is 4.99 Å². The summed E-state index contributed by atoms with van der Waals surface area (Å²) in [5, 5.41) is 4.79. The van der Waals surface area contributed by atoms with Crippen molar-refractivity contribution in [3.63, 3.8) is 0 Å². The van der Waals surface area contributed by atoms with Crippen LogP contribution in [0.4, 0.5) is 0 Å². The lowest BCUT2D eigenvalue weighted by Crippen LogP contribution is -2.48. The van der Waals surface area contributed by atoms with Crippen LogP contribution in [0.1, 0.15) is 46.5 Å². The Balaban J connectivity index is 1.96. The molecule has 0 aromatic heterocycles. The molecule has 1 aliphatic carbocycles. The molecule has 2 rings (SSSR count). The highest BCUT2D eigenvalue weighted by molar-refractivity contribution is 8.13. The molecule has 2 aliphatic rings. The second-order valence-electron chi connectivity index (χ2n) is 5.15. The molecule has 1 aliphatic heterocycles. The minimum atomic E-state index is 0.285. The van der Waals surface area contributed by atoms with E-state index in [2.05, 4.69) is 26.1 Å². The fourth-order valence-electron chi connectivity index (χ4n) is 1.93. The fraction of sp³-hybridized carbons (Fsp3) is 0.917. The maximum Gasteiger partial charge on any atom is 0.157 e. The van der Waals surface area contributed by atoms with Crippen LogP contribution in [0.3, 0.4) is 0 Å². The molecule has 1 saturated carbocycles. The Bertz CT molecular complexity index is 260. The summed E-state index contributed by atoms with van der Waals surface area (Å²) in [6, 6.07) is 0.527. The summed E-state index contributed by atoms with van der Waals surface area (Å²) in [5.74, 6) is 2.09. The molecule has 2 nitrogen and oxygen atoms in total. The molecular weight excluding hydrogens is 204 g/mol. The van der Waals surface area contributed by atoms with Crippen molar-refractivity contribution in [3.05, 3.63) is 0 Å². The quantitative estimate of drug-likeness (QED) is 0.800. The van der Waals surface area contributed by atoms with Gasteiger partial charge >= 0.3 is 0 Å². The number of nitrogens with zero attached hydrogens (tertiary/aromatic N) is 1. The minimum Gasteiger partial charge on any atom is -0.360 e. The fourth-order valence-corrected chi connectivity index (χ4v) is 3.24. The number of nitrogens with one attached hydrogen (secondary N) is 1. The number of rotatable bonds is 3. The van der Waals surface area contributed by atoms with E-state index < -0.39 is 0 Å². The van der Waals surface area contributed by atoms with Crippen molar-refractivity contribution in [1.29, 1.82) is 0 Å². The van der Waals surface area contributed by atoms with Crippen LogP contribution in [0, 0.1) is 5.92 Å². The standard InChI is InChI=1S/C12H22N2S/c1-4-12(3)7-8-15-11(14-12)13-9(2)10-5-6-10/h9-10H,4-8H2,1-3H3,(H,13,14). The van der Waals surface area contributed by atoms with Crippen LogP contribution in [0.25, 0.3) is 0 Å². The first kappa shape index (κ1) is 11.3. The molecule has 0 radical (unpaired) electrons. The van der Waals surface area contributed by atoms with Crippen LogP contribution in [0.5, 0.6) is 0 Å². The van der Waals surface area contributed by atoms with Gasteiger partial charge in [0.2, 0.25) is 0 Å². The van der Waals surface area contributed by atoms with Gasteiger partial charge in [-0.15, -0.1) is 0 Å². The van der Waals surface area contributed by atoms with Gasteiger partial charge in [-0.2, -0.15) is 0 Å². The first-order chi connectivity index (χ1) is 7.13. The van der Waals surface area contributed by atoms with Gasteiger partial charge in [0.05, 0.1) is 6.04 Å². The average molecular weight is 226 g/mol. The van der Waals surface area contributed by atoms with E-state index in [0.29, 0.717) is 6.04 Å². The monoisotopic (exact) mass is 226 g/mol. The van der Waals surface area contributed by atoms with Gasteiger partial charge in [-0.05, 0) is 45.4 Å². The Labute approximate surface area is 97.3 Å². The van der Waals surface area contributed by atoms with E-state index in [9.17, 15) is 0 Å². The Morgan fingerprint density at radius 3 is 2.93 bits per heavy atom. The van der Waals surface area contributed by atoms with Gasteiger partial charge in [0, 0.05) is 11.3 Å². The van der Waals surface area contributed by atoms with Crippen molar-refractivity contribution < 1.29 is 0 Å². The van der Waals surface area contributed by atoms with Crippen LogP contribution in [-0.4, -0.2) is 22.5 Å². The summed E-state index contributed by atoms with van der Waals surface area (Å²) in [5.41, 5.74) is 0.285. The van der Waals surface area contributed by atoms with E-state index in [1.165, 1.54) is 36.6 Å². The highest BCUT2D eigenvalue weighted by Crippen LogP contribution is 2.35. The third kappa shape index (κ3) is 2.90. The van der Waals surface area contributed by atoms with Crippen molar-refractivity contribution in [2.45, 2.75) is 58.0 Å². The topological polar surface area (TPSA) is 24.4 Å². The summed E-state index contributed by atoms with van der Waals surface area (Å²) < 4.78 is 0. The molecule has 2 fully saturated rings. The molecule has 0 aromatic rings. The van der Waals surface area contributed by atoms with E-state index in [0.717, 1.165) is 5.92 Å². The molecule has 1 N–H and O–H groups in total. The largest absolute Gasteiger partial charge is 0.360 e. The minimum absolute atomic E-state index is 0.285. The molecule has 86 valence electrons. The predicted molar refractivity (Wildman–Crippen MR) is 68.5 cm³/mol. The lowest BCUT2D eigenvalue weighted by atomic mass is 9.96. The lowest BCUT2D eigenvalue weighted by Gasteiger charge is -2.35. The highest BCUT2D eigenvalue weighted by Gasteiger charge is 2.31. The van der Waals surface area contributed by atoms with Gasteiger partial charge in [0.1, 0.15) is 0 Å². The third-order valence-electron chi connectivity index (χ3n) is 3.71. The maximum absolute atomic E-state index is 4.81. The van der Waals surface area contributed by atoms with Crippen LogP contribution < -0.4 is 5.32 Å². The number of aliphatic imine (C=N–C) groups is 1. The zero-order valence-corrected chi connectivity index (χ0v) is 10.9. The summed E-state index contributed by atoms with van der Waals surface area (Å²) in [6.07, 6.45) is 5.21. The number of amidine groups is 1. The molecule has 15 heavy (non-hydrogen) atoms. The molecule has 0 spiro atoms. The van der Waals surface area contributed by atoms with Gasteiger partial charge in [0.25, 0.3) is 0 Å². The predicted octanol–water partition coefficient (Wildman–Crippen LogP) is 3.04. The van der Waals surface area contributed by atoms with E-state index in [4.69, 9.17) is 4.99 Å². The van der Waals surface area contributed by atoms with Crippen LogP contribution in [-0.2, 0) is 0 Å². The second kappa shape index (κ2) is 4.36. The molecule has 1 heterocycles. The summed E-state index contributed by atoms with van der Waals surface area (Å²) in [6.45, 7) is 6.82. The number of hydrogen-bond donors (Lipinski definition) is 1. The molecule has 1 saturated heterocycles. The molecule has 2 atom stereocenters. The smallest absolute Gasteiger partial charge is 0.157 e. The van der Waals surface area contributed by atoms with Crippen molar-refractivity contribution in [2.24, 2.45) is 10.9 Å². The van der Waals surface area contributed by atoms with Crippen molar-refractivity contribution in [3.8, 4) is 0 Å². The van der Waals surface area contributed by atoms with Gasteiger partial charge in [-0.25, -0.2) is 0 Å². The first-order valence-electron chi connectivity index (χ1n) is 6.12. The van der Waals surface area contributed by atoms with Gasteiger partial charge in [0.15, 0.2) is 5.17 Å². The first-order valence-corrected chi connectivity index (χ1v) is 7.10.